The Hall–Kier alpha value is -2.52. The van der Waals surface area contributed by atoms with E-state index in [9.17, 15) is 18.0 Å². The van der Waals surface area contributed by atoms with Crippen molar-refractivity contribution in [2.45, 2.75) is 24.7 Å². The molecule has 0 radical (unpaired) electrons. The highest BCUT2D eigenvalue weighted by Crippen LogP contribution is 2.28. The molecule has 0 aliphatic carbocycles. The summed E-state index contributed by atoms with van der Waals surface area (Å²) in [6, 6.07) is 7.91. The highest BCUT2D eigenvalue weighted by atomic mass is 32.2. The van der Waals surface area contributed by atoms with Gasteiger partial charge in [0.05, 0.1) is 10.6 Å². The zero-order chi connectivity index (χ0) is 18.9. The molecule has 1 aliphatic rings. The zero-order valence-corrected chi connectivity index (χ0v) is 15.1. The van der Waals surface area contributed by atoms with Gasteiger partial charge in [-0.1, -0.05) is 12.1 Å². The van der Waals surface area contributed by atoms with Crippen LogP contribution in [0.2, 0.25) is 0 Å². The minimum atomic E-state index is -3.70. The van der Waals surface area contributed by atoms with Crippen LogP contribution in [0.4, 0.5) is 0 Å². The van der Waals surface area contributed by atoms with Crippen molar-refractivity contribution in [3.63, 3.8) is 0 Å². The Kier molecular flexibility index (Phi) is 4.92. The lowest BCUT2D eigenvalue weighted by atomic mass is 9.98. The molecule has 1 amide bonds. The molecular formula is C17H20N4O4S. The lowest BCUT2D eigenvalue weighted by Gasteiger charge is -2.30. The van der Waals surface area contributed by atoms with Crippen LogP contribution in [0, 0.1) is 12.8 Å². The van der Waals surface area contributed by atoms with E-state index in [-0.39, 0.29) is 35.4 Å². The summed E-state index contributed by atoms with van der Waals surface area (Å²) >= 11 is 0. The molecule has 2 aromatic rings. The van der Waals surface area contributed by atoms with Crippen molar-refractivity contribution in [1.82, 2.24) is 14.5 Å². The fraction of sp³-hybridized carbons (Fsp3) is 0.353. The van der Waals surface area contributed by atoms with Crippen LogP contribution in [0.5, 0.6) is 0 Å². The Balaban J connectivity index is 1.92. The number of nitrogens with two attached hydrogens (primary N) is 1. The van der Waals surface area contributed by atoms with Gasteiger partial charge in [0.25, 0.3) is 5.56 Å². The number of H-pyrrole nitrogens is 1. The van der Waals surface area contributed by atoms with Gasteiger partial charge >= 0.3 is 0 Å². The number of benzene rings is 1. The van der Waals surface area contributed by atoms with Gasteiger partial charge in [-0.05, 0) is 37.5 Å². The predicted octanol–water partition coefficient (Wildman–Crippen LogP) is 0.631. The molecule has 2 heterocycles. The van der Waals surface area contributed by atoms with E-state index < -0.39 is 10.0 Å². The van der Waals surface area contributed by atoms with E-state index in [1.54, 1.807) is 25.1 Å². The maximum absolute atomic E-state index is 13.1. The second-order valence-corrected chi connectivity index (χ2v) is 8.27. The molecule has 3 rings (SSSR count). The van der Waals surface area contributed by atoms with Crippen LogP contribution in [0.1, 0.15) is 18.4 Å². The fourth-order valence-electron chi connectivity index (χ4n) is 3.06. The van der Waals surface area contributed by atoms with Crippen LogP contribution in [0.25, 0.3) is 11.3 Å². The molecule has 138 valence electrons. The molecule has 0 atom stereocenters. The van der Waals surface area contributed by atoms with Crippen molar-refractivity contribution in [2.24, 2.45) is 11.7 Å². The number of amides is 1. The summed E-state index contributed by atoms with van der Waals surface area (Å²) in [5.74, 6) is -0.663. The molecule has 9 heteroatoms. The second kappa shape index (κ2) is 7.00. The van der Waals surface area contributed by atoms with Crippen LogP contribution >= 0.6 is 0 Å². The molecule has 1 aromatic carbocycles. The van der Waals surface area contributed by atoms with E-state index in [1.165, 1.54) is 16.4 Å². The van der Waals surface area contributed by atoms with E-state index in [1.807, 2.05) is 0 Å². The minimum absolute atomic E-state index is 0.195. The Morgan fingerprint density at radius 1 is 1.23 bits per heavy atom. The molecule has 3 N–H and O–H groups in total. The van der Waals surface area contributed by atoms with Gasteiger partial charge in [-0.3, -0.25) is 9.59 Å². The molecular weight excluding hydrogens is 356 g/mol. The van der Waals surface area contributed by atoms with Crippen molar-refractivity contribution in [2.75, 3.05) is 13.1 Å². The highest BCUT2D eigenvalue weighted by Gasteiger charge is 2.32. The number of aryl methyl sites for hydroxylation is 1. The molecule has 0 spiro atoms. The summed E-state index contributed by atoms with van der Waals surface area (Å²) in [6.45, 7) is 2.25. The van der Waals surface area contributed by atoms with Gasteiger partial charge < -0.3 is 5.73 Å². The van der Waals surface area contributed by atoms with Crippen molar-refractivity contribution in [3.8, 4) is 11.3 Å². The number of aromatic nitrogens is 2. The first-order valence-electron chi connectivity index (χ1n) is 8.25. The van der Waals surface area contributed by atoms with Crippen molar-refractivity contribution in [3.05, 3.63) is 46.2 Å². The normalized spacial score (nSPS) is 16.5. The molecule has 1 fully saturated rings. The SMILES string of the molecule is Cc1ccc(-c2ccc(=O)[nH]n2)cc1S(=O)(=O)N1CCC(C(N)=O)CC1. The number of nitrogens with zero attached hydrogens (tertiary/aromatic N) is 2. The number of hydrogen-bond acceptors (Lipinski definition) is 5. The summed E-state index contributed by atoms with van der Waals surface area (Å²) < 4.78 is 27.5. The Morgan fingerprint density at radius 2 is 1.92 bits per heavy atom. The number of hydrogen-bond donors (Lipinski definition) is 2. The van der Waals surface area contributed by atoms with Crippen molar-refractivity contribution in [1.29, 1.82) is 0 Å². The minimum Gasteiger partial charge on any atom is -0.369 e. The number of nitrogens with one attached hydrogen (secondary N) is 1. The van der Waals surface area contributed by atoms with E-state index in [2.05, 4.69) is 10.2 Å². The molecule has 26 heavy (non-hydrogen) atoms. The molecule has 0 unspecified atom stereocenters. The third-order valence-electron chi connectivity index (χ3n) is 4.64. The number of carbonyl (C=O) groups is 1. The van der Waals surface area contributed by atoms with Crippen LogP contribution < -0.4 is 11.3 Å². The maximum atomic E-state index is 13.1. The van der Waals surface area contributed by atoms with Crippen molar-refractivity contribution >= 4 is 15.9 Å². The number of carbonyl (C=O) groups excluding carboxylic acids is 1. The summed E-state index contributed by atoms with van der Waals surface area (Å²) in [5.41, 5.74) is 6.68. The average molecular weight is 376 g/mol. The van der Waals surface area contributed by atoms with Gasteiger partial charge in [-0.15, -0.1) is 0 Å². The lowest BCUT2D eigenvalue weighted by molar-refractivity contribution is -0.122. The van der Waals surface area contributed by atoms with Gasteiger partial charge in [0.2, 0.25) is 15.9 Å². The third-order valence-corrected chi connectivity index (χ3v) is 6.68. The summed E-state index contributed by atoms with van der Waals surface area (Å²) in [7, 11) is -3.70. The third kappa shape index (κ3) is 3.54. The smallest absolute Gasteiger partial charge is 0.264 e. The van der Waals surface area contributed by atoms with Gasteiger partial charge in [0.15, 0.2) is 0 Å². The number of primary amides is 1. The monoisotopic (exact) mass is 376 g/mol. The number of piperidine rings is 1. The molecule has 0 saturated carbocycles. The van der Waals surface area contributed by atoms with E-state index in [4.69, 9.17) is 5.73 Å². The van der Waals surface area contributed by atoms with E-state index in [0.29, 0.717) is 29.7 Å². The Morgan fingerprint density at radius 3 is 2.50 bits per heavy atom. The Labute approximate surface area is 151 Å². The molecule has 1 aromatic heterocycles. The number of rotatable bonds is 4. The number of aromatic amines is 1. The van der Waals surface area contributed by atoms with Gasteiger partial charge in [0, 0.05) is 30.6 Å². The average Bonchev–Trinajstić information content (AvgIpc) is 2.63. The number of sulfonamides is 1. The predicted molar refractivity (Wildman–Crippen MR) is 95.7 cm³/mol. The van der Waals surface area contributed by atoms with Crippen LogP contribution in [-0.4, -0.2) is 41.9 Å². The zero-order valence-electron chi connectivity index (χ0n) is 14.3. The standard InChI is InChI=1S/C17H20N4O4S/c1-11-2-3-13(14-4-5-16(22)20-19-14)10-15(11)26(24,25)21-8-6-12(7-9-21)17(18)23/h2-5,10,12H,6-9H2,1H3,(H2,18,23)(H,20,22). The van der Waals surface area contributed by atoms with Crippen LogP contribution in [0.15, 0.2) is 40.0 Å². The first-order valence-corrected chi connectivity index (χ1v) is 9.69. The summed E-state index contributed by atoms with van der Waals surface area (Å²) in [4.78, 5) is 22.6. The summed E-state index contributed by atoms with van der Waals surface area (Å²) in [6.07, 6.45) is 0.851. The highest BCUT2D eigenvalue weighted by molar-refractivity contribution is 7.89. The van der Waals surface area contributed by atoms with Crippen molar-refractivity contribution < 1.29 is 13.2 Å². The van der Waals surface area contributed by atoms with Crippen LogP contribution in [0.3, 0.4) is 0 Å². The topological polar surface area (TPSA) is 126 Å². The van der Waals surface area contributed by atoms with Crippen LogP contribution in [-0.2, 0) is 14.8 Å². The molecule has 8 nitrogen and oxygen atoms in total. The van der Waals surface area contributed by atoms with Gasteiger partial charge in [-0.25, -0.2) is 13.5 Å². The van der Waals surface area contributed by atoms with Gasteiger partial charge in [-0.2, -0.15) is 9.40 Å². The summed E-state index contributed by atoms with van der Waals surface area (Å²) in [5, 5.41) is 6.29. The molecule has 1 saturated heterocycles. The second-order valence-electron chi connectivity index (χ2n) is 6.37. The van der Waals surface area contributed by atoms with Gasteiger partial charge in [0.1, 0.15) is 0 Å². The largest absolute Gasteiger partial charge is 0.369 e. The maximum Gasteiger partial charge on any atom is 0.264 e. The fourth-order valence-corrected chi connectivity index (χ4v) is 4.78. The quantitative estimate of drug-likeness (QED) is 0.809. The van der Waals surface area contributed by atoms with E-state index in [0.717, 1.165) is 0 Å². The lowest BCUT2D eigenvalue weighted by Crippen LogP contribution is -2.41. The Bertz CT molecular complexity index is 972. The first kappa shape index (κ1) is 18.3. The van der Waals surface area contributed by atoms with E-state index >= 15 is 0 Å². The molecule has 1 aliphatic heterocycles. The first-order chi connectivity index (χ1) is 12.3. The molecule has 0 bridgehead atoms.